The lowest BCUT2D eigenvalue weighted by molar-refractivity contribution is -0.118. The van der Waals surface area contributed by atoms with Crippen LogP contribution in [0.2, 0.25) is 0 Å². The molecule has 1 aliphatic heterocycles. The van der Waals surface area contributed by atoms with E-state index >= 15 is 0 Å². The summed E-state index contributed by atoms with van der Waals surface area (Å²) in [6, 6.07) is 0. The number of alkyl halides is 1. The van der Waals surface area contributed by atoms with Gasteiger partial charge in [-0.3, -0.25) is 15.2 Å². The molecule has 1 saturated heterocycles. The van der Waals surface area contributed by atoms with Crippen molar-refractivity contribution in [3.8, 4) is 0 Å². The zero-order valence-corrected chi connectivity index (χ0v) is 14.9. The molecule has 3 heterocycles. The molecule has 2 aromatic heterocycles. The molecule has 10 nitrogen and oxygen atoms in total. The van der Waals surface area contributed by atoms with Crippen LogP contribution in [-0.2, 0) is 9.53 Å². The molecule has 2 unspecified atom stereocenters. The van der Waals surface area contributed by atoms with E-state index in [0.29, 0.717) is 18.7 Å². The van der Waals surface area contributed by atoms with Gasteiger partial charge < -0.3 is 9.64 Å². The zero-order valence-electron chi connectivity index (χ0n) is 14.9. The number of amides is 2. The fourth-order valence-electron chi connectivity index (χ4n) is 2.79. The van der Waals surface area contributed by atoms with E-state index in [1.54, 1.807) is 20.8 Å². The molecule has 2 N–H and O–H groups in total. The van der Waals surface area contributed by atoms with E-state index in [9.17, 15) is 14.0 Å². The van der Waals surface area contributed by atoms with Crippen LogP contribution in [0.15, 0.2) is 6.33 Å². The Morgan fingerprint density at radius 1 is 1.42 bits per heavy atom. The topological polar surface area (TPSA) is 118 Å². The first kappa shape index (κ1) is 18.1. The molecule has 0 spiro atoms. The summed E-state index contributed by atoms with van der Waals surface area (Å²) in [6.07, 6.45) is -0.0378. The Morgan fingerprint density at radius 2 is 2.19 bits per heavy atom. The Labute approximate surface area is 149 Å². The van der Waals surface area contributed by atoms with Gasteiger partial charge >= 0.3 is 6.09 Å². The van der Waals surface area contributed by atoms with E-state index in [-0.39, 0.29) is 24.8 Å². The number of hydrogen-bond acceptors (Lipinski definition) is 6. The molecule has 2 amide bonds. The predicted molar refractivity (Wildman–Crippen MR) is 89.2 cm³/mol. The molecule has 3 rings (SSSR count). The first-order chi connectivity index (χ1) is 12.2. The van der Waals surface area contributed by atoms with Crippen molar-refractivity contribution in [1.82, 2.24) is 29.7 Å². The Bertz CT molecular complexity index is 797. The van der Waals surface area contributed by atoms with Crippen LogP contribution in [-0.4, -0.2) is 66.6 Å². The number of halogens is 1. The number of rotatable bonds is 3. The molecule has 11 heteroatoms. The average Bonchev–Trinajstić information content (AvgIpc) is 3.12. The van der Waals surface area contributed by atoms with E-state index < -0.39 is 23.8 Å². The smallest absolute Gasteiger partial charge is 0.410 e. The number of fused-ring (bicyclic) bond motifs is 1. The molecular formula is C15H22FN7O3. The molecule has 2 aromatic rings. The number of ether oxygens (including phenoxy) is 1. The summed E-state index contributed by atoms with van der Waals surface area (Å²) in [6.45, 7) is 5.55. The van der Waals surface area contributed by atoms with Crippen molar-refractivity contribution >= 4 is 23.7 Å². The largest absolute Gasteiger partial charge is 0.444 e. The Hall–Kier alpha value is -2.72. The molecule has 0 aliphatic carbocycles. The van der Waals surface area contributed by atoms with E-state index in [2.05, 4.69) is 25.6 Å². The molecule has 2 atom stereocenters. The molecule has 0 bridgehead atoms. The highest BCUT2D eigenvalue weighted by Gasteiger charge is 2.34. The van der Waals surface area contributed by atoms with Crippen LogP contribution in [0, 0.1) is 5.92 Å². The van der Waals surface area contributed by atoms with Gasteiger partial charge in [0.25, 0.3) is 11.7 Å². The van der Waals surface area contributed by atoms with Gasteiger partial charge in [-0.15, -0.1) is 10.2 Å². The molecule has 1 fully saturated rings. The number of piperidine rings is 1. The van der Waals surface area contributed by atoms with Crippen molar-refractivity contribution in [1.29, 1.82) is 0 Å². The molecule has 142 valence electrons. The second-order valence-electron chi connectivity index (χ2n) is 7.29. The Kier molecular flexibility index (Phi) is 4.79. The van der Waals surface area contributed by atoms with Crippen molar-refractivity contribution < 1.29 is 18.7 Å². The van der Waals surface area contributed by atoms with Gasteiger partial charge in [-0.05, 0) is 27.2 Å². The number of anilines is 1. The monoisotopic (exact) mass is 367 g/mol. The fourth-order valence-corrected chi connectivity index (χ4v) is 2.79. The second kappa shape index (κ2) is 6.89. The molecule has 0 saturated carbocycles. The van der Waals surface area contributed by atoms with E-state index in [1.807, 2.05) is 0 Å². The fraction of sp³-hybridized carbons (Fsp3) is 0.667. The summed E-state index contributed by atoms with van der Waals surface area (Å²) in [5.41, 5.74) is -0.629. The van der Waals surface area contributed by atoms with E-state index in [1.165, 1.54) is 15.7 Å². The minimum Gasteiger partial charge on any atom is -0.444 e. The van der Waals surface area contributed by atoms with Crippen LogP contribution in [0.1, 0.15) is 33.6 Å². The minimum atomic E-state index is -1.30. The highest BCUT2D eigenvalue weighted by molar-refractivity contribution is 5.89. The third-order valence-electron chi connectivity index (χ3n) is 4.04. The number of H-pyrrole nitrogens is 1. The van der Waals surface area contributed by atoms with Crippen LogP contribution in [0.4, 0.5) is 15.1 Å². The van der Waals surface area contributed by atoms with Crippen molar-refractivity contribution in [2.45, 2.75) is 45.4 Å². The normalized spacial score (nSPS) is 21.0. The second-order valence-corrected chi connectivity index (χ2v) is 7.29. The van der Waals surface area contributed by atoms with Crippen molar-refractivity contribution in [2.75, 3.05) is 18.4 Å². The lowest BCUT2D eigenvalue weighted by Crippen LogP contribution is -2.47. The van der Waals surface area contributed by atoms with Gasteiger partial charge in [-0.1, -0.05) is 0 Å². The number of nitrogens with one attached hydrogen (secondary N) is 2. The summed E-state index contributed by atoms with van der Waals surface area (Å²) in [4.78, 5) is 29.5. The van der Waals surface area contributed by atoms with Crippen molar-refractivity contribution in [2.24, 2.45) is 5.92 Å². The third kappa shape index (κ3) is 4.09. The van der Waals surface area contributed by atoms with Crippen LogP contribution < -0.4 is 5.32 Å². The maximum atomic E-state index is 14.5. The summed E-state index contributed by atoms with van der Waals surface area (Å²) in [5, 5.41) is 12.9. The number of hydrogen-bond donors (Lipinski definition) is 2. The lowest BCUT2D eigenvalue weighted by atomic mass is 9.91. The number of aromatic nitrogens is 5. The SMILES string of the molecule is CC(C)(C)OC(=O)N1CCC(CC(=O)Nc2nnc3nc[nH]n23)C(F)C1. The van der Waals surface area contributed by atoms with Gasteiger partial charge in [-0.25, -0.2) is 9.18 Å². The molecule has 26 heavy (non-hydrogen) atoms. The summed E-state index contributed by atoms with van der Waals surface area (Å²) >= 11 is 0. The van der Waals surface area contributed by atoms with Gasteiger partial charge in [0.2, 0.25) is 5.91 Å². The van der Waals surface area contributed by atoms with Crippen LogP contribution in [0.25, 0.3) is 5.78 Å². The van der Waals surface area contributed by atoms with Crippen LogP contribution in [0.3, 0.4) is 0 Å². The molecule has 0 radical (unpaired) electrons. The highest BCUT2D eigenvalue weighted by atomic mass is 19.1. The summed E-state index contributed by atoms with van der Waals surface area (Å²) in [7, 11) is 0. The maximum Gasteiger partial charge on any atom is 0.410 e. The van der Waals surface area contributed by atoms with Crippen molar-refractivity contribution in [3.63, 3.8) is 0 Å². The highest BCUT2D eigenvalue weighted by Crippen LogP contribution is 2.25. The average molecular weight is 367 g/mol. The zero-order chi connectivity index (χ0) is 18.9. The van der Waals surface area contributed by atoms with E-state index in [0.717, 1.165) is 0 Å². The Morgan fingerprint density at radius 3 is 2.88 bits per heavy atom. The molecular weight excluding hydrogens is 345 g/mol. The standard InChI is InChI=1S/C15H22FN7O3/c1-15(2,3)26-14(25)22-5-4-9(10(16)7-22)6-11(24)19-13-21-20-12-17-8-18-23(12)13/h8-10H,4-7H2,1-3H3,(H,17,18,20)(H,19,21,24). The van der Waals surface area contributed by atoms with Crippen LogP contribution in [0.5, 0.6) is 0 Å². The first-order valence-electron chi connectivity index (χ1n) is 8.39. The summed E-state index contributed by atoms with van der Waals surface area (Å²) < 4.78 is 21.1. The number of carbonyl (C=O) groups is 2. The van der Waals surface area contributed by atoms with Gasteiger partial charge in [0.15, 0.2) is 0 Å². The first-order valence-corrected chi connectivity index (χ1v) is 8.39. The number of likely N-dealkylation sites (tertiary alicyclic amines) is 1. The molecule has 0 aromatic carbocycles. The van der Waals surface area contributed by atoms with Gasteiger partial charge in [0, 0.05) is 18.9 Å². The minimum absolute atomic E-state index is 0.00756. The van der Waals surface area contributed by atoms with Gasteiger partial charge in [0.1, 0.15) is 18.1 Å². The quantitative estimate of drug-likeness (QED) is 0.846. The van der Waals surface area contributed by atoms with Gasteiger partial charge in [0.05, 0.1) is 6.54 Å². The van der Waals surface area contributed by atoms with Crippen molar-refractivity contribution in [3.05, 3.63) is 6.33 Å². The summed E-state index contributed by atoms with van der Waals surface area (Å²) in [5.74, 6) is -0.315. The lowest BCUT2D eigenvalue weighted by Gasteiger charge is -2.35. The molecule has 1 aliphatic rings. The number of nitrogens with zero attached hydrogens (tertiary/aromatic N) is 5. The van der Waals surface area contributed by atoms with E-state index in [4.69, 9.17) is 4.74 Å². The predicted octanol–water partition coefficient (Wildman–Crippen LogP) is 1.38. The van der Waals surface area contributed by atoms with Crippen LogP contribution >= 0.6 is 0 Å². The van der Waals surface area contributed by atoms with Gasteiger partial charge in [-0.2, -0.15) is 9.50 Å². The number of carbonyl (C=O) groups excluding carboxylic acids is 2. The number of aromatic amines is 1. The maximum absolute atomic E-state index is 14.5. The third-order valence-corrected chi connectivity index (χ3v) is 4.04. The Balaban J connectivity index is 1.52.